The number of benzene rings is 1. The minimum atomic E-state index is -0.856. The highest BCUT2D eigenvalue weighted by molar-refractivity contribution is 6.07. The SMILES string of the molecule is CCOC(=O)c1[nH]c(C)c(C(=O)C(C)N(C(=O)c2ccccc2F)C(C)C)c1C. The fourth-order valence-corrected chi connectivity index (χ4v) is 3.49. The number of rotatable bonds is 7. The minimum Gasteiger partial charge on any atom is -0.461 e. The number of amides is 1. The molecular formula is C22H27FN2O4. The van der Waals surface area contributed by atoms with Crippen molar-refractivity contribution in [2.75, 3.05) is 6.61 Å². The Balaban J connectivity index is 2.42. The van der Waals surface area contributed by atoms with Crippen LogP contribution >= 0.6 is 0 Å². The molecule has 0 aliphatic rings. The first-order chi connectivity index (χ1) is 13.6. The van der Waals surface area contributed by atoms with Gasteiger partial charge in [0.05, 0.1) is 18.2 Å². The van der Waals surface area contributed by atoms with Crippen LogP contribution in [0.15, 0.2) is 24.3 Å². The third-order valence-corrected chi connectivity index (χ3v) is 4.86. The van der Waals surface area contributed by atoms with Crippen molar-refractivity contribution in [2.45, 2.75) is 53.6 Å². The van der Waals surface area contributed by atoms with E-state index in [9.17, 15) is 18.8 Å². The smallest absolute Gasteiger partial charge is 0.355 e. The zero-order valence-corrected chi connectivity index (χ0v) is 17.6. The van der Waals surface area contributed by atoms with Crippen LogP contribution < -0.4 is 0 Å². The highest BCUT2D eigenvalue weighted by Crippen LogP contribution is 2.24. The lowest BCUT2D eigenvalue weighted by molar-refractivity contribution is 0.0518. The maximum absolute atomic E-state index is 14.2. The molecule has 2 aromatic rings. The van der Waals surface area contributed by atoms with Gasteiger partial charge in [0.15, 0.2) is 5.78 Å². The summed E-state index contributed by atoms with van der Waals surface area (Å²) in [6.07, 6.45) is 0. The highest BCUT2D eigenvalue weighted by Gasteiger charge is 2.33. The Kier molecular flexibility index (Phi) is 6.95. The molecule has 0 aliphatic carbocycles. The number of aromatic nitrogens is 1. The number of hydrogen-bond donors (Lipinski definition) is 1. The zero-order valence-electron chi connectivity index (χ0n) is 17.6. The van der Waals surface area contributed by atoms with Crippen LogP contribution in [0.5, 0.6) is 0 Å². The monoisotopic (exact) mass is 402 g/mol. The summed E-state index contributed by atoms with van der Waals surface area (Å²) in [5.74, 6) is -2.06. The standard InChI is InChI=1S/C22H27FN2O4/c1-7-29-22(28)19-13(4)18(14(5)24-19)20(26)15(6)25(12(2)3)21(27)16-10-8-9-11-17(16)23/h8-12,15,24H,7H2,1-6H3. The van der Waals surface area contributed by atoms with Crippen molar-refractivity contribution in [3.63, 3.8) is 0 Å². The van der Waals surface area contributed by atoms with E-state index in [4.69, 9.17) is 4.74 Å². The van der Waals surface area contributed by atoms with Gasteiger partial charge in [-0.2, -0.15) is 0 Å². The minimum absolute atomic E-state index is 0.0874. The molecule has 1 aromatic heterocycles. The van der Waals surface area contributed by atoms with Gasteiger partial charge >= 0.3 is 5.97 Å². The summed E-state index contributed by atoms with van der Waals surface area (Å²) >= 11 is 0. The second-order valence-electron chi connectivity index (χ2n) is 7.17. The lowest BCUT2D eigenvalue weighted by Gasteiger charge is -2.32. The van der Waals surface area contributed by atoms with Crippen LogP contribution in [0.3, 0.4) is 0 Å². The number of carbonyl (C=O) groups is 3. The second-order valence-corrected chi connectivity index (χ2v) is 7.17. The lowest BCUT2D eigenvalue weighted by Crippen LogP contribution is -2.47. The Labute approximate surface area is 170 Å². The third-order valence-electron chi connectivity index (χ3n) is 4.86. The number of nitrogens with one attached hydrogen (secondary N) is 1. The maximum atomic E-state index is 14.2. The Bertz CT molecular complexity index is 933. The van der Waals surface area contributed by atoms with E-state index in [0.29, 0.717) is 16.8 Å². The molecule has 6 nitrogen and oxygen atoms in total. The molecule has 0 fully saturated rings. The van der Waals surface area contributed by atoms with Gasteiger partial charge in [-0.1, -0.05) is 12.1 Å². The fraction of sp³-hybridized carbons (Fsp3) is 0.409. The van der Waals surface area contributed by atoms with Gasteiger partial charge in [0, 0.05) is 17.3 Å². The molecule has 0 radical (unpaired) electrons. The number of Topliss-reactive ketones (excluding diaryl/α,β-unsaturated/α-hetero) is 1. The number of aromatic amines is 1. The zero-order chi connectivity index (χ0) is 21.9. The number of nitrogens with zero attached hydrogens (tertiary/aromatic N) is 1. The molecule has 156 valence electrons. The third kappa shape index (κ3) is 4.39. The molecule has 1 N–H and O–H groups in total. The topological polar surface area (TPSA) is 79.5 Å². The van der Waals surface area contributed by atoms with Gasteiger partial charge in [-0.05, 0) is 59.2 Å². The molecule has 1 aromatic carbocycles. The number of aryl methyl sites for hydroxylation is 1. The van der Waals surface area contributed by atoms with Crippen molar-refractivity contribution < 1.29 is 23.5 Å². The summed E-state index contributed by atoms with van der Waals surface area (Å²) < 4.78 is 19.2. The van der Waals surface area contributed by atoms with Crippen LogP contribution in [-0.2, 0) is 4.74 Å². The van der Waals surface area contributed by atoms with E-state index in [1.54, 1.807) is 47.6 Å². The van der Waals surface area contributed by atoms with E-state index in [1.807, 2.05) is 0 Å². The van der Waals surface area contributed by atoms with Crippen molar-refractivity contribution in [1.82, 2.24) is 9.88 Å². The molecule has 2 rings (SSSR count). The van der Waals surface area contributed by atoms with E-state index in [-0.39, 0.29) is 29.7 Å². The van der Waals surface area contributed by atoms with Crippen molar-refractivity contribution in [1.29, 1.82) is 0 Å². The molecule has 1 atom stereocenters. The Hall–Kier alpha value is -2.96. The quantitative estimate of drug-likeness (QED) is 0.559. The normalized spacial score (nSPS) is 12.0. The van der Waals surface area contributed by atoms with Gasteiger partial charge in [-0.25, -0.2) is 9.18 Å². The first-order valence-electron chi connectivity index (χ1n) is 9.59. The molecule has 0 aliphatic heterocycles. The molecule has 1 unspecified atom stereocenters. The number of halogens is 1. The maximum Gasteiger partial charge on any atom is 0.355 e. The van der Waals surface area contributed by atoms with Crippen LogP contribution in [-0.4, -0.2) is 46.2 Å². The number of carbonyl (C=O) groups excluding carboxylic acids is 3. The Morgan fingerprint density at radius 2 is 1.76 bits per heavy atom. The van der Waals surface area contributed by atoms with E-state index in [1.165, 1.54) is 23.1 Å². The molecule has 1 amide bonds. The van der Waals surface area contributed by atoms with Gasteiger partial charge in [0.1, 0.15) is 11.5 Å². The number of esters is 1. The van der Waals surface area contributed by atoms with Crippen molar-refractivity contribution in [2.24, 2.45) is 0 Å². The van der Waals surface area contributed by atoms with Gasteiger partial charge in [-0.15, -0.1) is 0 Å². The molecule has 1 heterocycles. The molecule has 0 saturated heterocycles. The summed E-state index contributed by atoms with van der Waals surface area (Å²) in [4.78, 5) is 42.7. The molecule has 0 saturated carbocycles. The largest absolute Gasteiger partial charge is 0.461 e. The van der Waals surface area contributed by atoms with Crippen LogP contribution in [0, 0.1) is 19.7 Å². The predicted octanol–water partition coefficient (Wildman–Crippen LogP) is 4.07. The molecular weight excluding hydrogens is 375 g/mol. The van der Waals surface area contributed by atoms with Crippen LogP contribution in [0.25, 0.3) is 0 Å². The number of ketones is 1. The van der Waals surface area contributed by atoms with E-state index < -0.39 is 23.7 Å². The average Bonchev–Trinajstić information content (AvgIpc) is 2.95. The van der Waals surface area contributed by atoms with E-state index in [2.05, 4.69) is 4.98 Å². The number of ether oxygens (including phenoxy) is 1. The highest BCUT2D eigenvalue weighted by atomic mass is 19.1. The summed E-state index contributed by atoms with van der Waals surface area (Å²) in [5, 5.41) is 0. The first kappa shape index (κ1) is 22.3. The average molecular weight is 402 g/mol. The van der Waals surface area contributed by atoms with Crippen LogP contribution in [0.2, 0.25) is 0 Å². The summed E-state index contributed by atoms with van der Waals surface area (Å²) in [5.41, 5.74) is 1.46. The van der Waals surface area contributed by atoms with Crippen LogP contribution in [0.1, 0.15) is 70.2 Å². The van der Waals surface area contributed by atoms with Crippen LogP contribution in [0.4, 0.5) is 4.39 Å². The van der Waals surface area contributed by atoms with Crippen molar-refractivity contribution in [3.05, 3.63) is 58.2 Å². The molecule has 0 spiro atoms. The second kappa shape index (κ2) is 9.03. The van der Waals surface area contributed by atoms with E-state index in [0.717, 1.165) is 0 Å². The van der Waals surface area contributed by atoms with Gasteiger partial charge < -0.3 is 14.6 Å². The molecule has 7 heteroatoms. The summed E-state index contributed by atoms with van der Waals surface area (Å²) in [6, 6.07) is 4.49. The van der Waals surface area contributed by atoms with Crippen molar-refractivity contribution in [3.8, 4) is 0 Å². The van der Waals surface area contributed by atoms with E-state index >= 15 is 0 Å². The predicted molar refractivity (Wildman–Crippen MR) is 108 cm³/mol. The van der Waals surface area contributed by atoms with Crippen molar-refractivity contribution >= 4 is 17.7 Å². The fourth-order valence-electron chi connectivity index (χ4n) is 3.49. The molecule has 0 bridgehead atoms. The van der Waals surface area contributed by atoms with Gasteiger partial charge in [-0.3, -0.25) is 9.59 Å². The molecule has 29 heavy (non-hydrogen) atoms. The lowest BCUT2D eigenvalue weighted by atomic mass is 9.98. The summed E-state index contributed by atoms with van der Waals surface area (Å²) in [7, 11) is 0. The number of hydrogen-bond acceptors (Lipinski definition) is 4. The first-order valence-corrected chi connectivity index (χ1v) is 9.59. The number of H-pyrrole nitrogens is 1. The Morgan fingerprint density at radius 1 is 1.14 bits per heavy atom. The van der Waals surface area contributed by atoms with Gasteiger partial charge in [0.25, 0.3) is 5.91 Å². The Morgan fingerprint density at radius 3 is 2.31 bits per heavy atom. The summed E-state index contributed by atoms with van der Waals surface area (Å²) in [6.45, 7) is 10.4. The van der Waals surface area contributed by atoms with Gasteiger partial charge in [0.2, 0.25) is 0 Å².